The lowest BCUT2D eigenvalue weighted by molar-refractivity contribution is 0.0945. The Hall–Kier alpha value is -2.25. The van der Waals surface area contributed by atoms with Gasteiger partial charge < -0.3 is 0 Å². The number of hydrazine groups is 1. The molecule has 6 nitrogen and oxygen atoms in total. The molecule has 0 aliphatic rings. The predicted molar refractivity (Wildman–Crippen MR) is 91.9 cm³/mol. The van der Waals surface area contributed by atoms with Gasteiger partial charge in [-0.15, -0.1) is 4.83 Å². The van der Waals surface area contributed by atoms with E-state index in [0.29, 0.717) is 5.56 Å². The number of aryl methyl sites for hydroxylation is 1. The number of sulfonamides is 1. The number of aromatic nitrogens is 1. The van der Waals surface area contributed by atoms with Crippen molar-refractivity contribution in [3.05, 3.63) is 59.4 Å². The molecule has 0 saturated carbocycles. The molecule has 0 aliphatic heterocycles. The molecule has 1 aromatic heterocycles. The second-order valence-electron chi connectivity index (χ2n) is 6.55. The molecular weight excluding hydrogens is 326 g/mol. The van der Waals surface area contributed by atoms with E-state index in [-0.39, 0.29) is 10.3 Å². The zero-order valence-electron chi connectivity index (χ0n) is 14.1. The van der Waals surface area contributed by atoms with Gasteiger partial charge in [-0.05, 0) is 31.2 Å². The average molecular weight is 347 g/mol. The Bertz CT molecular complexity index is 838. The highest BCUT2D eigenvalue weighted by Gasteiger charge is 2.19. The van der Waals surface area contributed by atoms with Crippen molar-refractivity contribution in [1.29, 1.82) is 0 Å². The first-order valence-electron chi connectivity index (χ1n) is 7.45. The van der Waals surface area contributed by atoms with Crippen LogP contribution >= 0.6 is 0 Å². The largest absolute Gasteiger partial charge is 0.273 e. The normalized spacial score (nSPS) is 12.0. The van der Waals surface area contributed by atoms with Gasteiger partial charge in [0.1, 0.15) is 0 Å². The van der Waals surface area contributed by atoms with Crippen molar-refractivity contribution in [2.24, 2.45) is 0 Å². The van der Waals surface area contributed by atoms with Crippen molar-refractivity contribution in [2.45, 2.75) is 38.0 Å². The number of hydrogen-bond acceptors (Lipinski definition) is 4. The zero-order chi connectivity index (χ0) is 18.0. The third kappa shape index (κ3) is 4.39. The van der Waals surface area contributed by atoms with Crippen molar-refractivity contribution in [2.75, 3.05) is 0 Å². The molecule has 0 atom stereocenters. The van der Waals surface area contributed by atoms with E-state index < -0.39 is 15.9 Å². The summed E-state index contributed by atoms with van der Waals surface area (Å²) >= 11 is 0. The molecule has 128 valence electrons. The Kier molecular flexibility index (Phi) is 5.05. The predicted octanol–water partition coefficient (Wildman–Crippen LogP) is 2.31. The van der Waals surface area contributed by atoms with Gasteiger partial charge in [0.25, 0.3) is 15.9 Å². The van der Waals surface area contributed by atoms with E-state index in [1.165, 1.54) is 24.4 Å². The summed E-state index contributed by atoms with van der Waals surface area (Å²) in [5.41, 5.74) is 4.05. The van der Waals surface area contributed by atoms with E-state index in [0.717, 1.165) is 11.3 Å². The number of nitrogens with one attached hydrogen (secondary N) is 2. The molecule has 0 saturated heterocycles. The number of carbonyl (C=O) groups excluding carboxylic acids is 1. The van der Waals surface area contributed by atoms with Crippen LogP contribution in [0, 0.1) is 6.92 Å². The second-order valence-corrected chi connectivity index (χ2v) is 8.23. The van der Waals surface area contributed by atoms with Gasteiger partial charge in [-0.3, -0.25) is 15.2 Å². The first kappa shape index (κ1) is 18.1. The number of amides is 1. The van der Waals surface area contributed by atoms with E-state index >= 15 is 0 Å². The van der Waals surface area contributed by atoms with Crippen LogP contribution in [0.4, 0.5) is 0 Å². The number of pyridine rings is 1. The zero-order valence-corrected chi connectivity index (χ0v) is 14.9. The lowest BCUT2D eigenvalue weighted by Crippen LogP contribution is -2.41. The monoisotopic (exact) mass is 347 g/mol. The number of carbonyl (C=O) groups is 1. The summed E-state index contributed by atoms with van der Waals surface area (Å²) in [5.74, 6) is -0.543. The third-order valence-electron chi connectivity index (χ3n) is 3.42. The minimum Gasteiger partial charge on any atom is -0.273 e. The molecule has 7 heteroatoms. The van der Waals surface area contributed by atoms with Crippen LogP contribution in [-0.2, 0) is 15.4 Å². The smallest absolute Gasteiger partial charge is 0.266 e. The Morgan fingerprint density at radius 1 is 1.08 bits per heavy atom. The molecule has 1 heterocycles. The highest BCUT2D eigenvalue weighted by molar-refractivity contribution is 7.89. The van der Waals surface area contributed by atoms with Crippen LogP contribution in [0.15, 0.2) is 47.5 Å². The van der Waals surface area contributed by atoms with Gasteiger partial charge in [-0.2, -0.15) is 0 Å². The van der Waals surface area contributed by atoms with Crippen molar-refractivity contribution >= 4 is 15.9 Å². The van der Waals surface area contributed by atoms with Crippen LogP contribution in [0.25, 0.3) is 0 Å². The summed E-state index contributed by atoms with van der Waals surface area (Å²) in [6.45, 7) is 7.81. The van der Waals surface area contributed by atoms with Crippen LogP contribution in [0.1, 0.15) is 42.4 Å². The maximum Gasteiger partial charge on any atom is 0.266 e. The van der Waals surface area contributed by atoms with Gasteiger partial charge in [0, 0.05) is 22.9 Å². The Balaban J connectivity index is 2.12. The van der Waals surface area contributed by atoms with Gasteiger partial charge in [0.05, 0.1) is 4.90 Å². The van der Waals surface area contributed by atoms with Gasteiger partial charge in [-0.25, -0.2) is 8.42 Å². The quantitative estimate of drug-likeness (QED) is 0.831. The summed E-state index contributed by atoms with van der Waals surface area (Å²) in [7, 11) is -3.82. The topological polar surface area (TPSA) is 88.2 Å². The average Bonchev–Trinajstić information content (AvgIpc) is 2.52. The molecule has 0 bridgehead atoms. The van der Waals surface area contributed by atoms with E-state index in [4.69, 9.17) is 0 Å². The SMILES string of the molecule is Cc1ccc(S(=O)(=O)NNC(=O)c2ccnc(C(C)(C)C)c2)cc1. The van der Waals surface area contributed by atoms with Gasteiger partial charge in [-0.1, -0.05) is 38.5 Å². The van der Waals surface area contributed by atoms with Crippen molar-refractivity contribution in [1.82, 2.24) is 15.2 Å². The summed E-state index contributed by atoms with van der Waals surface area (Å²) < 4.78 is 24.3. The minimum absolute atomic E-state index is 0.0820. The van der Waals surface area contributed by atoms with Crippen LogP contribution in [0.2, 0.25) is 0 Å². The van der Waals surface area contributed by atoms with Crippen LogP contribution in [0.3, 0.4) is 0 Å². The van der Waals surface area contributed by atoms with E-state index in [9.17, 15) is 13.2 Å². The maximum absolute atomic E-state index is 12.2. The van der Waals surface area contributed by atoms with Crippen LogP contribution in [-0.4, -0.2) is 19.3 Å². The Labute approximate surface area is 142 Å². The molecule has 2 aromatic rings. The number of benzene rings is 1. The van der Waals surface area contributed by atoms with Crippen LogP contribution in [0.5, 0.6) is 0 Å². The summed E-state index contributed by atoms with van der Waals surface area (Å²) in [6.07, 6.45) is 1.53. The van der Waals surface area contributed by atoms with Gasteiger partial charge in [0.15, 0.2) is 0 Å². The molecule has 0 aliphatic carbocycles. The molecule has 0 fully saturated rings. The third-order valence-corrected chi connectivity index (χ3v) is 4.68. The summed E-state index contributed by atoms with van der Waals surface area (Å²) in [6, 6.07) is 9.52. The number of nitrogens with zero attached hydrogens (tertiary/aromatic N) is 1. The van der Waals surface area contributed by atoms with Gasteiger partial charge in [0.2, 0.25) is 0 Å². The fourth-order valence-corrected chi connectivity index (χ4v) is 2.78. The van der Waals surface area contributed by atoms with E-state index in [1.807, 2.05) is 27.7 Å². The summed E-state index contributed by atoms with van der Waals surface area (Å²) in [4.78, 5) is 18.6. The first-order valence-corrected chi connectivity index (χ1v) is 8.93. The summed E-state index contributed by atoms with van der Waals surface area (Å²) in [5, 5.41) is 0. The molecular formula is C17H21N3O3S. The molecule has 0 unspecified atom stereocenters. The first-order chi connectivity index (χ1) is 11.1. The second kappa shape index (κ2) is 6.70. The van der Waals surface area contributed by atoms with Crippen LogP contribution < -0.4 is 10.3 Å². The number of rotatable bonds is 4. The number of hydrogen-bond donors (Lipinski definition) is 2. The van der Waals surface area contributed by atoms with E-state index in [1.54, 1.807) is 18.2 Å². The van der Waals surface area contributed by atoms with Crippen molar-refractivity contribution in [3.8, 4) is 0 Å². The molecule has 2 N–H and O–H groups in total. The lowest BCUT2D eigenvalue weighted by atomic mass is 9.91. The fourth-order valence-electron chi connectivity index (χ4n) is 1.94. The van der Waals surface area contributed by atoms with E-state index in [2.05, 4.69) is 15.2 Å². The highest BCUT2D eigenvalue weighted by Crippen LogP contribution is 2.20. The molecule has 1 amide bonds. The molecule has 24 heavy (non-hydrogen) atoms. The molecule has 0 radical (unpaired) electrons. The standard InChI is InChI=1S/C17H21N3O3S/c1-12-5-7-14(8-6-12)24(22,23)20-19-16(21)13-9-10-18-15(11-13)17(2,3)4/h5-11,20H,1-4H3,(H,19,21). The lowest BCUT2D eigenvalue weighted by Gasteiger charge is -2.18. The van der Waals surface area contributed by atoms with Gasteiger partial charge >= 0.3 is 0 Å². The maximum atomic E-state index is 12.2. The van der Waals surface area contributed by atoms with Crippen molar-refractivity contribution in [3.63, 3.8) is 0 Å². The van der Waals surface area contributed by atoms with Crippen molar-refractivity contribution < 1.29 is 13.2 Å². The fraction of sp³-hybridized carbons (Fsp3) is 0.294. The highest BCUT2D eigenvalue weighted by atomic mass is 32.2. The molecule has 2 rings (SSSR count). The minimum atomic E-state index is -3.82. The molecule has 1 aromatic carbocycles. The molecule has 0 spiro atoms. The Morgan fingerprint density at radius 3 is 2.29 bits per heavy atom. The Morgan fingerprint density at radius 2 is 1.71 bits per heavy atom.